The van der Waals surface area contributed by atoms with Gasteiger partial charge in [0, 0.05) is 30.6 Å². The van der Waals surface area contributed by atoms with Gasteiger partial charge in [-0.2, -0.15) is 11.8 Å². The monoisotopic (exact) mass is 250 g/mol. The molecule has 0 saturated carbocycles. The molecule has 1 amide bonds. The highest BCUT2D eigenvalue weighted by atomic mass is 35.5. The van der Waals surface area contributed by atoms with Crippen LogP contribution in [0.3, 0.4) is 0 Å². The molecular formula is C10H19ClN2OS. The molecule has 5 heteroatoms. The second kappa shape index (κ2) is 5.97. The number of halogens is 1. The third kappa shape index (κ3) is 3.26. The Hall–Kier alpha value is 0.0700. The van der Waals surface area contributed by atoms with Crippen molar-refractivity contribution in [3.63, 3.8) is 0 Å². The van der Waals surface area contributed by atoms with Gasteiger partial charge >= 0.3 is 0 Å². The standard InChI is InChI=1S/C10H18N2OS.ClH/c1-8-7-12(4-5-14-8)10(13)9-2-3-11-6-9;/h8-9,11H,2-7H2,1H3;1H/t8?,9-;/m1./s1. The summed E-state index contributed by atoms with van der Waals surface area (Å²) in [5, 5.41) is 3.86. The number of thioether (sulfide) groups is 1. The third-order valence-electron chi connectivity index (χ3n) is 2.96. The lowest BCUT2D eigenvalue weighted by Crippen LogP contribution is -2.44. The lowest BCUT2D eigenvalue weighted by Gasteiger charge is -2.32. The molecule has 2 aliphatic heterocycles. The van der Waals surface area contributed by atoms with E-state index in [4.69, 9.17) is 0 Å². The number of nitrogens with one attached hydrogen (secondary N) is 1. The molecule has 3 nitrogen and oxygen atoms in total. The Morgan fingerprint density at radius 1 is 1.53 bits per heavy atom. The Bertz CT molecular complexity index is 221. The first-order valence-electron chi connectivity index (χ1n) is 5.38. The average Bonchev–Trinajstić information content (AvgIpc) is 2.69. The maximum absolute atomic E-state index is 12.0. The van der Waals surface area contributed by atoms with E-state index in [9.17, 15) is 4.79 Å². The van der Waals surface area contributed by atoms with Gasteiger partial charge in [-0.1, -0.05) is 6.92 Å². The van der Waals surface area contributed by atoms with Gasteiger partial charge in [0.2, 0.25) is 5.91 Å². The maximum Gasteiger partial charge on any atom is 0.227 e. The van der Waals surface area contributed by atoms with Crippen LogP contribution in [0.1, 0.15) is 13.3 Å². The number of amides is 1. The first-order valence-corrected chi connectivity index (χ1v) is 6.43. The lowest BCUT2D eigenvalue weighted by atomic mass is 10.1. The molecule has 1 N–H and O–H groups in total. The van der Waals surface area contributed by atoms with E-state index in [0.29, 0.717) is 11.2 Å². The number of carbonyl (C=O) groups is 1. The first-order chi connectivity index (χ1) is 6.77. The van der Waals surface area contributed by atoms with E-state index < -0.39 is 0 Å². The van der Waals surface area contributed by atoms with Gasteiger partial charge in [-0.25, -0.2) is 0 Å². The van der Waals surface area contributed by atoms with E-state index in [1.165, 1.54) is 0 Å². The summed E-state index contributed by atoms with van der Waals surface area (Å²) in [6.45, 7) is 5.99. The Morgan fingerprint density at radius 3 is 2.93 bits per heavy atom. The topological polar surface area (TPSA) is 32.3 Å². The summed E-state index contributed by atoms with van der Waals surface area (Å²) in [6, 6.07) is 0. The highest BCUT2D eigenvalue weighted by Gasteiger charge is 2.29. The van der Waals surface area contributed by atoms with Crippen molar-refractivity contribution >= 4 is 30.1 Å². The van der Waals surface area contributed by atoms with Crippen LogP contribution in [0.2, 0.25) is 0 Å². The van der Waals surface area contributed by atoms with Crippen molar-refractivity contribution in [1.82, 2.24) is 10.2 Å². The Morgan fingerprint density at radius 2 is 2.33 bits per heavy atom. The normalized spacial score (nSPS) is 31.1. The zero-order valence-corrected chi connectivity index (χ0v) is 10.7. The number of hydrogen-bond donors (Lipinski definition) is 1. The average molecular weight is 251 g/mol. The van der Waals surface area contributed by atoms with Crippen molar-refractivity contribution in [2.24, 2.45) is 5.92 Å². The van der Waals surface area contributed by atoms with Gasteiger partial charge in [-0.15, -0.1) is 12.4 Å². The molecule has 0 bridgehead atoms. The summed E-state index contributed by atoms with van der Waals surface area (Å²) in [7, 11) is 0. The van der Waals surface area contributed by atoms with E-state index in [-0.39, 0.29) is 18.3 Å². The maximum atomic E-state index is 12.0. The van der Waals surface area contributed by atoms with Crippen LogP contribution in [-0.2, 0) is 4.79 Å². The molecule has 0 aliphatic carbocycles. The number of rotatable bonds is 1. The molecular weight excluding hydrogens is 232 g/mol. The molecule has 1 unspecified atom stereocenters. The summed E-state index contributed by atoms with van der Waals surface area (Å²) in [5.41, 5.74) is 0. The van der Waals surface area contributed by atoms with Crippen molar-refractivity contribution in [1.29, 1.82) is 0 Å². The van der Waals surface area contributed by atoms with Crippen LogP contribution in [-0.4, -0.2) is 48.0 Å². The predicted octanol–water partition coefficient (Wildman–Crippen LogP) is 0.982. The van der Waals surface area contributed by atoms with Gasteiger partial charge in [-0.3, -0.25) is 4.79 Å². The fraction of sp³-hybridized carbons (Fsp3) is 0.900. The van der Waals surface area contributed by atoms with Gasteiger partial charge in [0.05, 0.1) is 5.92 Å². The number of hydrogen-bond acceptors (Lipinski definition) is 3. The van der Waals surface area contributed by atoms with Gasteiger partial charge < -0.3 is 10.2 Å². The Labute approximate surface area is 102 Å². The van der Waals surface area contributed by atoms with Crippen LogP contribution in [0, 0.1) is 5.92 Å². The molecule has 0 spiro atoms. The van der Waals surface area contributed by atoms with Crippen LogP contribution in [0.25, 0.3) is 0 Å². The van der Waals surface area contributed by atoms with Crippen LogP contribution in [0.4, 0.5) is 0 Å². The van der Waals surface area contributed by atoms with Crippen LogP contribution in [0.15, 0.2) is 0 Å². The highest BCUT2D eigenvalue weighted by molar-refractivity contribution is 7.99. The Kier molecular flexibility index (Phi) is 5.23. The van der Waals surface area contributed by atoms with Crippen LogP contribution in [0.5, 0.6) is 0 Å². The molecule has 0 aromatic carbocycles. The van der Waals surface area contributed by atoms with Crippen LogP contribution < -0.4 is 5.32 Å². The smallest absolute Gasteiger partial charge is 0.227 e. The quantitative estimate of drug-likeness (QED) is 0.753. The minimum Gasteiger partial charge on any atom is -0.340 e. The summed E-state index contributed by atoms with van der Waals surface area (Å²) < 4.78 is 0. The first kappa shape index (κ1) is 13.1. The molecule has 2 saturated heterocycles. The van der Waals surface area contributed by atoms with Crippen molar-refractivity contribution in [3.8, 4) is 0 Å². The largest absolute Gasteiger partial charge is 0.340 e. The molecule has 2 rings (SSSR count). The van der Waals surface area contributed by atoms with Crippen molar-refractivity contribution in [2.75, 3.05) is 31.9 Å². The van der Waals surface area contributed by atoms with Crippen molar-refractivity contribution in [3.05, 3.63) is 0 Å². The predicted molar refractivity (Wildman–Crippen MR) is 66.7 cm³/mol. The molecule has 2 heterocycles. The zero-order chi connectivity index (χ0) is 9.97. The van der Waals surface area contributed by atoms with Gasteiger partial charge in [0.1, 0.15) is 0 Å². The molecule has 88 valence electrons. The summed E-state index contributed by atoms with van der Waals surface area (Å²) in [4.78, 5) is 14.1. The summed E-state index contributed by atoms with van der Waals surface area (Å²) in [6.07, 6.45) is 1.02. The summed E-state index contributed by atoms with van der Waals surface area (Å²) in [5.74, 6) is 1.74. The van der Waals surface area contributed by atoms with Crippen molar-refractivity contribution < 1.29 is 4.79 Å². The zero-order valence-electron chi connectivity index (χ0n) is 9.07. The van der Waals surface area contributed by atoms with Gasteiger partial charge in [0.25, 0.3) is 0 Å². The molecule has 15 heavy (non-hydrogen) atoms. The SMILES string of the molecule is CC1CN(C(=O)[C@@H]2CCNC2)CCS1.Cl. The third-order valence-corrected chi connectivity index (χ3v) is 4.10. The van der Waals surface area contributed by atoms with E-state index in [0.717, 1.165) is 38.4 Å². The Balaban J connectivity index is 0.00000112. The van der Waals surface area contributed by atoms with Gasteiger partial charge in [-0.05, 0) is 13.0 Å². The lowest BCUT2D eigenvalue weighted by molar-refractivity contribution is -0.134. The van der Waals surface area contributed by atoms with E-state index >= 15 is 0 Å². The van der Waals surface area contributed by atoms with Crippen molar-refractivity contribution in [2.45, 2.75) is 18.6 Å². The minimum absolute atomic E-state index is 0. The molecule has 2 atom stereocenters. The van der Waals surface area contributed by atoms with Crippen LogP contribution >= 0.6 is 24.2 Å². The second-order valence-corrected chi connectivity index (χ2v) is 5.70. The fourth-order valence-electron chi connectivity index (χ4n) is 2.14. The number of nitrogens with zero attached hydrogens (tertiary/aromatic N) is 1. The summed E-state index contributed by atoms with van der Waals surface area (Å²) >= 11 is 1.97. The molecule has 0 aromatic heterocycles. The fourth-order valence-corrected chi connectivity index (χ4v) is 3.16. The van der Waals surface area contributed by atoms with E-state index in [1.807, 2.05) is 11.8 Å². The number of carbonyl (C=O) groups excluding carboxylic acids is 1. The highest BCUT2D eigenvalue weighted by Crippen LogP contribution is 2.20. The molecule has 2 fully saturated rings. The van der Waals surface area contributed by atoms with Gasteiger partial charge in [0.15, 0.2) is 0 Å². The van der Waals surface area contributed by atoms with E-state index in [1.54, 1.807) is 0 Å². The van der Waals surface area contributed by atoms with E-state index in [2.05, 4.69) is 17.1 Å². The second-order valence-electron chi connectivity index (χ2n) is 4.16. The molecule has 2 aliphatic rings. The molecule has 0 aromatic rings. The molecule has 0 radical (unpaired) electrons. The minimum atomic E-state index is 0.